The van der Waals surface area contributed by atoms with E-state index in [-0.39, 0.29) is 24.3 Å². The first kappa shape index (κ1) is 14.3. The maximum Gasteiger partial charge on any atom is 0.318 e. The Kier molecular flexibility index (Phi) is 5.40. The van der Waals surface area contributed by atoms with Crippen LogP contribution in [0, 0.1) is 0 Å². The topological polar surface area (TPSA) is 26.3 Å². The summed E-state index contributed by atoms with van der Waals surface area (Å²) in [6.45, 7) is 1.85. The molecule has 0 saturated heterocycles. The van der Waals surface area contributed by atoms with Crippen molar-refractivity contribution in [3.63, 3.8) is 0 Å². The van der Waals surface area contributed by atoms with Crippen LogP contribution in [0.5, 0.6) is 5.75 Å². The van der Waals surface area contributed by atoms with Crippen molar-refractivity contribution >= 4 is 18.4 Å². The van der Waals surface area contributed by atoms with Crippen molar-refractivity contribution in [2.24, 2.45) is 0 Å². The molecule has 18 heavy (non-hydrogen) atoms. The first-order chi connectivity index (χ1) is 8.27. The van der Waals surface area contributed by atoms with Gasteiger partial charge in [0.25, 0.3) is 0 Å². The van der Waals surface area contributed by atoms with Crippen LogP contribution in [0.4, 0.5) is 0 Å². The maximum atomic E-state index is 11.9. The van der Waals surface area contributed by atoms with E-state index in [4.69, 9.17) is 4.74 Å². The largest absolute Gasteiger partial charge is 0.426 e. The minimum atomic E-state index is -0.253. The molecule has 0 aliphatic heterocycles. The summed E-state index contributed by atoms with van der Waals surface area (Å²) >= 11 is 0. The van der Waals surface area contributed by atoms with Crippen LogP contribution < -0.4 is 4.74 Å². The lowest BCUT2D eigenvalue weighted by Crippen LogP contribution is -2.16. The van der Waals surface area contributed by atoms with Gasteiger partial charge in [-0.2, -0.15) is 0 Å². The van der Waals surface area contributed by atoms with Crippen LogP contribution in [-0.4, -0.2) is 5.97 Å². The van der Waals surface area contributed by atoms with Gasteiger partial charge >= 0.3 is 5.97 Å². The lowest BCUT2D eigenvalue weighted by molar-refractivity contribution is -0.135. The number of rotatable bonds is 3. The Hall–Kier alpha value is -1.80. The molecular weight excluding hydrogens is 248 g/mol. The molecule has 0 N–H and O–H groups in total. The molecule has 0 aromatic heterocycles. The Morgan fingerprint density at radius 2 is 1.44 bits per heavy atom. The zero-order chi connectivity index (χ0) is 12.1. The van der Waals surface area contributed by atoms with E-state index in [1.807, 2.05) is 55.5 Å². The molecule has 3 heteroatoms. The van der Waals surface area contributed by atoms with E-state index in [1.165, 1.54) is 0 Å². The molecule has 0 heterocycles. The van der Waals surface area contributed by atoms with E-state index < -0.39 is 0 Å². The van der Waals surface area contributed by atoms with E-state index >= 15 is 0 Å². The monoisotopic (exact) mass is 262 g/mol. The second kappa shape index (κ2) is 6.82. The SMILES string of the molecule is CC(C(=O)Oc1ccccc1)c1ccccc1.Cl. The highest BCUT2D eigenvalue weighted by Crippen LogP contribution is 2.18. The molecule has 1 unspecified atom stereocenters. The number of para-hydroxylation sites is 1. The second-order valence-corrected chi connectivity index (χ2v) is 3.87. The fraction of sp³-hybridized carbons (Fsp3) is 0.133. The van der Waals surface area contributed by atoms with E-state index in [1.54, 1.807) is 12.1 Å². The zero-order valence-corrected chi connectivity index (χ0v) is 10.9. The molecule has 2 aromatic rings. The third-order valence-corrected chi connectivity index (χ3v) is 2.61. The van der Waals surface area contributed by atoms with E-state index in [0.29, 0.717) is 5.75 Å². The summed E-state index contributed by atoms with van der Waals surface area (Å²) < 4.78 is 5.29. The number of hydrogen-bond acceptors (Lipinski definition) is 2. The Bertz CT molecular complexity index is 482. The van der Waals surface area contributed by atoms with Gasteiger partial charge in [0.05, 0.1) is 5.92 Å². The molecule has 0 amide bonds. The number of carbonyl (C=O) groups excluding carboxylic acids is 1. The van der Waals surface area contributed by atoms with E-state index in [2.05, 4.69) is 0 Å². The molecule has 0 saturated carbocycles. The smallest absolute Gasteiger partial charge is 0.318 e. The molecule has 2 rings (SSSR count). The van der Waals surface area contributed by atoms with E-state index in [9.17, 15) is 4.79 Å². The molecule has 0 bridgehead atoms. The van der Waals surface area contributed by atoms with Crippen LogP contribution in [-0.2, 0) is 4.79 Å². The number of benzene rings is 2. The van der Waals surface area contributed by atoms with Crippen LogP contribution in [0.25, 0.3) is 0 Å². The van der Waals surface area contributed by atoms with Gasteiger partial charge in [0.1, 0.15) is 5.75 Å². The van der Waals surface area contributed by atoms with Crippen molar-refractivity contribution < 1.29 is 9.53 Å². The fourth-order valence-corrected chi connectivity index (χ4v) is 1.57. The fourth-order valence-electron chi connectivity index (χ4n) is 1.57. The van der Waals surface area contributed by atoms with Gasteiger partial charge in [0, 0.05) is 0 Å². The number of esters is 1. The summed E-state index contributed by atoms with van der Waals surface area (Å²) in [7, 11) is 0. The Labute approximate surface area is 113 Å². The number of carbonyl (C=O) groups is 1. The molecule has 1 atom stereocenters. The Morgan fingerprint density at radius 1 is 0.944 bits per heavy atom. The van der Waals surface area contributed by atoms with Crippen molar-refractivity contribution in [2.75, 3.05) is 0 Å². The van der Waals surface area contributed by atoms with Crippen molar-refractivity contribution in [3.05, 3.63) is 66.2 Å². The van der Waals surface area contributed by atoms with E-state index in [0.717, 1.165) is 5.56 Å². The number of halogens is 1. The Morgan fingerprint density at radius 3 is 2.00 bits per heavy atom. The first-order valence-corrected chi connectivity index (χ1v) is 5.59. The molecule has 0 spiro atoms. The molecule has 0 radical (unpaired) electrons. The molecule has 0 fully saturated rings. The highest BCUT2D eigenvalue weighted by atomic mass is 35.5. The van der Waals surface area contributed by atoms with Gasteiger partial charge in [-0.1, -0.05) is 48.5 Å². The number of hydrogen-bond donors (Lipinski definition) is 0. The van der Waals surface area contributed by atoms with Gasteiger partial charge in [-0.15, -0.1) is 12.4 Å². The summed E-state index contributed by atoms with van der Waals surface area (Å²) in [6, 6.07) is 18.7. The van der Waals surface area contributed by atoms with Crippen LogP contribution in [0.15, 0.2) is 60.7 Å². The highest BCUT2D eigenvalue weighted by Gasteiger charge is 2.16. The Balaban J connectivity index is 0.00000162. The third-order valence-electron chi connectivity index (χ3n) is 2.61. The van der Waals surface area contributed by atoms with Crippen molar-refractivity contribution in [1.29, 1.82) is 0 Å². The zero-order valence-electron chi connectivity index (χ0n) is 10.1. The van der Waals surface area contributed by atoms with Gasteiger partial charge < -0.3 is 4.74 Å². The molecule has 94 valence electrons. The molecular formula is C15H15ClO2. The number of ether oxygens (including phenoxy) is 1. The third kappa shape index (κ3) is 3.60. The van der Waals surface area contributed by atoms with Gasteiger partial charge in [-0.25, -0.2) is 0 Å². The standard InChI is InChI=1S/C15H14O2.ClH/c1-12(13-8-4-2-5-9-13)15(16)17-14-10-6-3-7-11-14;/h2-12H,1H3;1H. The summed E-state index contributed by atoms with van der Waals surface area (Å²) in [5, 5.41) is 0. The highest BCUT2D eigenvalue weighted by molar-refractivity contribution is 5.85. The van der Waals surface area contributed by atoms with Gasteiger partial charge in [-0.3, -0.25) is 4.79 Å². The normalized spacial score (nSPS) is 11.2. The first-order valence-electron chi connectivity index (χ1n) is 5.59. The lowest BCUT2D eigenvalue weighted by atomic mass is 10.0. The summed E-state index contributed by atoms with van der Waals surface area (Å²) in [6.07, 6.45) is 0. The maximum absolute atomic E-state index is 11.9. The predicted octanol–water partition coefficient (Wildman–Crippen LogP) is 3.82. The van der Waals surface area contributed by atoms with Gasteiger partial charge in [0.2, 0.25) is 0 Å². The average molecular weight is 263 g/mol. The van der Waals surface area contributed by atoms with Crippen LogP contribution in [0.3, 0.4) is 0 Å². The minimum Gasteiger partial charge on any atom is -0.426 e. The second-order valence-electron chi connectivity index (χ2n) is 3.87. The minimum absolute atomic E-state index is 0. The predicted molar refractivity (Wildman–Crippen MR) is 74.2 cm³/mol. The summed E-state index contributed by atoms with van der Waals surface area (Å²) in [5.41, 5.74) is 0.966. The summed E-state index contributed by atoms with van der Waals surface area (Å²) in [5.74, 6) is 0.0964. The van der Waals surface area contributed by atoms with Crippen LogP contribution >= 0.6 is 12.4 Å². The van der Waals surface area contributed by atoms with Crippen LogP contribution in [0.2, 0.25) is 0 Å². The van der Waals surface area contributed by atoms with Crippen molar-refractivity contribution in [1.82, 2.24) is 0 Å². The molecule has 0 aliphatic rings. The van der Waals surface area contributed by atoms with Crippen molar-refractivity contribution in [3.8, 4) is 5.75 Å². The van der Waals surface area contributed by atoms with Crippen molar-refractivity contribution in [2.45, 2.75) is 12.8 Å². The van der Waals surface area contributed by atoms with Gasteiger partial charge in [0.15, 0.2) is 0 Å². The molecule has 2 nitrogen and oxygen atoms in total. The summed E-state index contributed by atoms with van der Waals surface area (Å²) in [4.78, 5) is 11.9. The molecule has 0 aliphatic carbocycles. The average Bonchev–Trinajstić information content (AvgIpc) is 2.40. The lowest BCUT2D eigenvalue weighted by Gasteiger charge is -2.11. The molecule has 2 aromatic carbocycles. The quantitative estimate of drug-likeness (QED) is 0.621. The van der Waals surface area contributed by atoms with Gasteiger partial charge in [-0.05, 0) is 24.6 Å². The van der Waals surface area contributed by atoms with Crippen LogP contribution in [0.1, 0.15) is 18.4 Å².